The summed E-state index contributed by atoms with van der Waals surface area (Å²) in [6, 6.07) is 9.03. The lowest BCUT2D eigenvalue weighted by Gasteiger charge is -2.38. The Kier molecular flexibility index (Phi) is 6.98. The molecule has 0 aromatic heterocycles. The van der Waals surface area contributed by atoms with Crippen LogP contribution in [0.5, 0.6) is 0 Å². The molecule has 154 valence electrons. The predicted octanol–water partition coefficient (Wildman–Crippen LogP) is 8.53. The van der Waals surface area contributed by atoms with Crippen molar-refractivity contribution >= 4 is 30.8 Å². The second-order valence-electron chi connectivity index (χ2n) is 9.08. The Labute approximate surface area is 187 Å². The van der Waals surface area contributed by atoms with Gasteiger partial charge in [0, 0.05) is 3.58 Å². The van der Waals surface area contributed by atoms with E-state index in [1.807, 2.05) is 0 Å². The minimum atomic E-state index is -0.105. The highest BCUT2D eigenvalue weighted by molar-refractivity contribution is 14.2. The van der Waals surface area contributed by atoms with Crippen LogP contribution in [0.2, 0.25) is 0 Å². The molecule has 3 rings (SSSR count). The van der Waals surface area contributed by atoms with Gasteiger partial charge in [-0.1, -0.05) is 121 Å². The van der Waals surface area contributed by atoms with E-state index >= 15 is 0 Å². The van der Waals surface area contributed by atoms with Crippen molar-refractivity contribution in [2.24, 2.45) is 11.3 Å². The smallest absolute Gasteiger partial charge is 0.0513 e. The molecule has 0 fully saturated rings. The molecule has 0 radical (unpaired) electrons. The standard InChI is InChI=1S/C28H35I/c1-7-13-24-19-23-14-9-10-15-25(23)28(24,26-16-11-12-17-29-26)20-21(3)18-22(4)27(5,6)8-2/h7,9-17,19,21H,4,8,18,20H2,1-3,5-6H3/b13-7-/t21-,28?/m1/s1. The third-order valence-electron chi connectivity index (χ3n) is 6.68. The van der Waals surface area contributed by atoms with Crippen LogP contribution in [0.3, 0.4) is 0 Å². The minimum absolute atomic E-state index is 0.00764. The van der Waals surface area contributed by atoms with Gasteiger partial charge in [-0.2, -0.15) is 0 Å². The Morgan fingerprint density at radius 3 is 2.66 bits per heavy atom. The van der Waals surface area contributed by atoms with E-state index in [1.54, 1.807) is 3.58 Å². The van der Waals surface area contributed by atoms with Crippen molar-refractivity contribution in [2.75, 3.05) is 0 Å². The average Bonchev–Trinajstić information content (AvgIpc) is 3.03. The molecule has 1 aromatic rings. The third kappa shape index (κ3) is 4.35. The first-order valence-electron chi connectivity index (χ1n) is 10.8. The van der Waals surface area contributed by atoms with Gasteiger partial charge in [0.15, 0.2) is 0 Å². The second kappa shape index (κ2) is 9.12. The summed E-state index contributed by atoms with van der Waals surface area (Å²) >= 11 is -0.105. The van der Waals surface area contributed by atoms with Crippen molar-refractivity contribution in [1.82, 2.24) is 0 Å². The zero-order chi connectivity index (χ0) is 21.1. The van der Waals surface area contributed by atoms with Gasteiger partial charge in [-0.25, -0.2) is 0 Å². The van der Waals surface area contributed by atoms with Crippen LogP contribution in [0.4, 0.5) is 0 Å². The lowest BCUT2D eigenvalue weighted by Crippen LogP contribution is -2.30. The molecule has 2 aliphatic rings. The number of benzene rings is 1. The molecule has 29 heavy (non-hydrogen) atoms. The van der Waals surface area contributed by atoms with E-state index in [0.717, 1.165) is 19.3 Å². The molecule has 1 unspecified atom stereocenters. The summed E-state index contributed by atoms with van der Waals surface area (Å²) in [6.07, 6.45) is 17.2. The summed E-state index contributed by atoms with van der Waals surface area (Å²) in [5.74, 6) is 0.573. The van der Waals surface area contributed by atoms with Crippen molar-refractivity contribution in [3.63, 3.8) is 0 Å². The fraction of sp³-hybridized carbons (Fsp3) is 0.393. The second-order valence-corrected chi connectivity index (χ2v) is 11.6. The Morgan fingerprint density at radius 1 is 1.24 bits per heavy atom. The Balaban J connectivity index is 2.05. The summed E-state index contributed by atoms with van der Waals surface area (Å²) in [4.78, 5) is 0. The minimum Gasteiger partial charge on any atom is -0.0993 e. The zero-order valence-electron chi connectivity index (χ0n) is 18.6. The number of fused-ring (bicyclic) bond motifs is 1. The largest absolute Gasteiger partial charge is 0.0993 e. The van der Waals surface area contributed by atoms with Gasteiger partial charge in [0.25, 0.3) is 0 Å². The molecule has 1 heterocycles. The quantitative estimate of drug-likeness (QED) is 0.249. The van der Waals surface area contributed by atoms with Crippen LogP contribution in [0, 0.1) is 11.3 Å². The molecule has 0 saturated carbocycles. The van der Waals surface area contributed by atoms with E-state index in [0.29, 0.717) is 5.92 Å². The lowest BCUT2D eigenvalue weighted by molar-refractivity contribution is 0.366. The van der Waals surface area contributed by atoms with Gasteiger partial charge in [0.05, 0.1) is 5.41 Å². The number of hydrogen-bond donors (Lipinski definition) is 0. The van der Waals surface area contributed by atoms with Crippen molar-refractivity contribution in [3.05, 3.63) is 87.1 Å². The highest BCUT2D eigenvalue weighted by atomic mass is 127. The van der Waals surface area contributed by atoms with Crippen molar-refractivity contribution in [2.45, 2.75) is 59.3 Å². The number of halogens is 1. The molecule has 0 amide bonds. The maximum absolute atomic E-state index is 4.49. The van der Waals surface area contributed by atoms with Crippen molar-refractivity contribution in [1.29, 1.82) is 0 Å². The summed E-state index contributed by atoms with van der Waals surface area (Å²) in [5, 5.41) is 0. The first kappa shape index (κ1) is 22.2. The van der Waals surface area contributed by atoms with Gasteiger partial charge in [-0.05, 0) is 58.2 Å². The molecule has 0 spiro atoms. The first-order valence-corrected chi connectivity index (χ1v) is 13.1. The van der Waals surface area contributed by atoms with Gasteiger partial charge in [-0.3, -0.25) is 0 Å². The zero-order valence-corrected chi connectivity index (χ0v) is 20.8. The maximum atomic E-state index is 4.49. The predicted molar refractivity (Wildman–Crippen MR) is 140 cm³/mol. The van der Waals surface area contributed by atoms with Gasteiger partial charge in [-0.15, -0.1) is 0 Å². The highest BCUT2D eigenvalue weighted by Gasteiger charge is 2.44. The molecule has 0 saturated heterocycles. The lowest BCUT2D eigenvalue weighted by atomic mass is 9.68. The van der Waals surface area contributed by atoms with Crippen LogP contribution in [0.25, 0.3) is 6.08 Å². The van der Waals surface area contributed by atoms with Crippen molar-refractivity contribution < 1.29 is 0 Å². The van der Waals surface area contributed by atoms with Crippen molar-refractivity contribution in [3.8, 4) is 0 Å². The molecule has 0 nitrogen and oxygen atoms in total. The average molecular weight is 498 g/mol. The number of hydrogen-bond acceptors (Lipinski definition) is 0. The van der Waals surface area contributed by atoms with Crippen LogP contribution < -0.4 is 0 Å². The monoisotopic (exact) mass is 498 g/mol. The summed E-state index contributed by atoms with van der Waals surface area (Å²) in [7, 11) is 0. The summed E-state index contributed by atoms with van der Waals surface area (Å²) in [6.45, 7) is 16.0. The molecule has 1 aliphatic carbocycles. The molecule has 0 N–H and O–H groups in total. The number of allylic oxidation sites excluding steroid dienone is 8. The van der Waals surface area contributed by atoms with Gasteiger partial charge >= 0.3 is 0 Å². The van der Waals surface area contributed by atoms with E-state index in [1.165, 1.54) is 22.3 Å². The Hall–Kier alpha value is -1.48. The molecule has 2 atom stereocenters. The molecule has 1 heteroatoms. The summed E-state index contributed by atoms with van der Waals surface area (Å²) in [5.41, 5.74) is 5.96. The molecule has 1 aliphatic heterocycles. The van der Waals surface area contributed by atoms with Gasteiger partial charge in [0.2, 0.25) is 0 Å². The Morgan fingerprint density at radius 2 is 2.00 bits per heavy atom. The Bertz CT molecular complexity index is 919. The van der Waals surface area contributed by atoms with Crippen LogP contribution >= 0.6 is 20.7 Å². The van der Waals surface area contributed by atoms with E-state index in [4.69, 9.17) is 0 Å². The van der Waals surface area contributed by atoms with E-state index in [-0.39, 0.29) is 31.6 Å². The van der Waals surface area contributed by atoms with E-state index in [9.17, 15) is 0 Å². The molecule has 1 aromatic carbocycles. The van der Waals surface area contributed by atoms with Crippen LogP contribution in [0.15, 0.2) is 76.0 Å². The molecular weight excluding hydrogens is 463 g/mol. The molecule has 0 bridgehead atoms. The van der Waals surface area contributed by atoms with Crippen LogP contribution in [0.1, 0.15) is 65.0 Å². The van der Waals surface area contributed by atoms with E-state index < -0.39 is 0 Å². The highest BCUT2D eigenvalue weighted by Crippen LogP contribution is 2.55. The molecular formula is C28H35I. The maximum Gasteiger partial charge on any atom is 0.0513 e. The first-order chi connectivity index (χ1) is 13.8. The third-order valence-corrected chi connectivity index (χ3v) is 9.40. The fourth-order valence-corrected chi connectivity index (χ4v) is 7.12. The fourth-order valence-electron chi connectivity index (χ4n) is 4.52. The van der Waals surface area contributed by atoms with Crippen LogP contribution in [-0.2, 0) is 5.41 Å². The summed E-state index contributed by atoms with van der Waals surface area (Å²) < 4.78 is 4.04. The van der Waals surface area contributed by atoms with Crippen LogP contribution in [-0.4, -0.2) is 4.01 Å². The normalized spacial score (nSPS) is 22.1. The van der Waals surface area contributed by atoms with Gasteiger partial charge in [0.1, 0.15) is 0 Å². The van der Waals surface area contributed by atoms with Gasteiger partial charge < -0.3 is 0 Å². The topological polar surface area (TPSA) is 0 Å². The number of rotatable bonds is 8. The van der Waals surface area contributed by atoms with E-state index in [2.05, 4.69) is 106 Å². The SMILES string of the molecule is C=C(C[C@@H](C)CC1(C2=CC=CC=I2)C(/C=C\C)=Cc2ccccc21)C(C)(C)CC.